The molecule has 0 radical (unpaired) electrons. The summed E-state index contributed by atoms with van der Waals surface area (Å²) in [6, 6.07) is 40.2. The summed E-state index contributed by atoms with van der Waals surface area (Å²) in [5, 5.41) is 4.28. The molecule has 0 spiro atoms. The number of hydrogen-bond acceptors (Lipinski definition) is 0. The van der Waals surface area contributed by atoms with E-state index in [2.05, 4.69) is 123 Å². The van der Waals surface area contributed by atoms with Crippen molar-refractivity contribution in [3.8, 4) is 11.1 Å². The van der Waals surface area contributed by atoms with Crippen LogP contribution in [-0.4, -0.2) is 6.66 Å². The van der Waals surface area contributed by atoms with Gasteiger partial charge in [0, 0.05) is 5.56 Å². The molecule has 0 saturated carbocycles. The first-order valence-corrected chi connectivity index (χ1v) is 12.6. The Morgan fingerprint density at radius 2 is 1.10 bits per heavy atom. The minimum atomic E-state index is -1.75. The maximum absolute atomic E-state index is 2.46. The van der Waals surface area contributed by atoms with E-state index in [0.717, 1.165) is 6.42 Å². The highest BCUT2D eigenvalue weighted by molar-refractivity contribution is 7.95. The van der Waals surface area contributed by atoms with E-state index in [0.29, 0.717) is 0 Å². The number of hydrogen-bond donors (Lipinski definition) is 0. The molecule has 0 aliphatic carbocycles. The van der Waals surface area contributed by atoms with E-state index in [1.165, 1.54) is 39.0 Å². The van der Waals surface area contributed by atoms with Crippen LogP contribution in [0.25, 0.3) is 11.1 Å². The Hall–Kier alpha value is -2.21. The van der Waals surface area contributed by atoms with Crippen molar-refractivity contribution in [3.63, 3.8) is 0 Å². The van der Waals surface area contributed by atoms with E-state index in [1.54, 1.807) is 0 Å². The lowest BCUT2D eigenvalue weighted by Gasteiger charge is -2.25. The van der Waals surface area contributed by atoms with Gasteiger partial charge < -0.3 is 17.0 Å². The van der Waals surface area contributed by atoms with Gasteiger partial charge in [-0.3, -0.25) is 0 Å². The van der Waals surface area contributed by atoms with Gasteiger partial charge in [0.25, 0.3) is 0 Å². The molecule has 4 aromatic carbocycles. The molecule has 0 unspecified atom stereocenters. The van der Waals surface area contributed by atoms with Crippen LogP contribution >= 0.6 is 7.26 Å². The van der Waals surface area contributed by atoms with Gasteiger partial charge in [-0.2, -0.15) is 0 Å². The molecule has 4 aromatic rings. The lowest BCUT2D eigenvalue weighted by Crippen LogP contribution is -3.00. The third kappa shape index (κ3) is 4.43. The average Bonchev–Trinajstić information content (AvgIpc) is 2.80. The largest absolute Gasteiger partial charge is 1.00 e. The standard InChI is InChI=1S/C28H28P.BrH/c1-3-12-23-19-21-24(22-20-23)27-17-10-11-18-28(27)29(2,25-13-6-4-7-14-25)26-15-8-5-9-16-26;/h4-11,13-22H,3,12H2,1-2H3;1H/q+1;/p-1. The maximum Gasteiger partial charge on any atom is 0.112 e. The average molecular weight is 475 g/mol. The molecular formula is C28H28BrP. The SMILES string of the molecule is CCCc1ccc(-c2ccccc2[P+](C)(c2ccccc2)c2ccccc2)cc1.[Br-]. The fraction of sp³-hybridized carbons (Fsp3) is 0.143. The van der Waals surface area contributed by atoms with Crippen LogP contribution in [0, 0.1) is 0 Å². The molecule has 0 N–H and O–H groups in total. The summed E-state index contributed by atoms with van der Waals surface area (Å²) in [6.07, 6.45) is 2.32. The number of benzene rings is 4. The molecule has 0 fully saturated rings. The van der Waals surface area contributed by atoms with Crippen LogP contribution < -0.4 is 32.9 Å². The van der Waals surface area contributed by atoms with E-state index in [4.69, 9.17) is 0 Å². The normalized spacial score (nSPS) is 11.0. The van der Waals surface area contributed by atoms with Crippen molar-refractivity contribution >= 4 is 23.2 Å². The lowest BCUT2D eigenvalue weighted by atomic mass is 10.0. The number of rotatable bonds is 6. The molecule has 0 aromatic heterocycles. The van der Waals surface area contributed by atoms with Gasteiger partial charge in [0.05, 0.1) is 6.66 Å². The van der Waals surface area contributed by atoms with E-state index < -0.39 is 7.26 Å². The fourth-order valence-electron chi connectivity index (χ4n) is 4.13. The molecule has 152 valence electrons. The van der Waals surface area contributed by atoms with Gasteiger partial charge in [0.15, 0.2) is 0 Å². The highest BCUT2D eigenvalue weighted by Gasteiger charge is 2.41. The van der Waals surface area contributed by atoms with Crippen molar-refractivity contribution in [1.29, 1.82) is 0 Å². The predicted molar refractivity (Wildman–Crippen MR) is 131 cm³/mol. The van der Waals surface area contributed by atoms with Crippen LogP contribution in [0.5, 0.6) is 0 Å². The molecular weight excluding hydrogens is 447 g/mol. The van der Waals surface area contributed by atoms with Gasteiger partial charge >= 0.3 is 0 Å². The Morgan fingerprint density at radius 3 is 1.63 bits per heavy atom. The molecule has 30 heavy (non-hydrogen) atoms. The first kappa shape index (κ1) is 22.5. The first-order valence-electron chi connectivity index (χ1n) is 10.4. The van der Waals surface area contributed by atoms with E-state index in [-0.39, 0.29) is 17.0 Å². The van der Waals surface area contributed by atoms with E-state index in [9.17, 15) is 0 Å². The molecule has 0 amide bonds. The van der Waals surface area contributed by atoms with Gasteiger partial charge in [-0.05, 0) is 47.9 Å². The highest BCUT2D eigenvalue weighted by atomic mass is 79.9. The molecule has 0 atom stereocenters. The maximum atomic E-state index is 2.46. The molecule has 0 aliphatic rings. The first-order chi connectivity index (χ1) is 14.2. The van der Waals surface area contributed by atoms with Crippen LogP contribution in [0.1, 0.15) is 18.9 Å². The number of aryl methyl sites for hydroxylation is 1. The summed E-state index contributed by atoms with van der Waals surface area (Å²) in [5.41, 5.74) is 4.06. The predicted octanol–water partition coefficient (Wildman–Crippen LogP) is 3.23. The summed E-state index contributed by atoms with van der Waals surface area (Å²) in [6.45, 7) is 4.70. The van der Waals surface area contributed by atoms with Gasteiger partial charge in [-0.25, -0.2) is 0 Å². The summed E-state index contributed by atoms with van der Waals surface area (Å²) in [7, 11) is -1.75. The summed E-state index contributed by atoms with van der Waals surface area (Å²) >= 11 is 0. The van der Waals surface area contributed by atoms with Crippen LogP contribution in [-0.2, 0) is 6.42 Å². The van der Waals surface area contributed by atoms with Crippen molar-refractivity contribution in [2.24, 2.45) is 0 Å². The van der Waals surface area contributed by atoms with Crippen molar-refractivity contribution < 1.29 is 17.0 Å². The van der Waals surface area contributed by atoms with Crippen molar-refractivity contribution in [3.05, 3.63) is 115 Å². The smallest absolute Gasteiger partial charge is 0.112 e. The minimum absolute atomic E-state index is 0. The zero-order valence-electron chi connectivity index (χ0n) is 17.6. The van der Waals surface area contributed by atoms with E-state index >= 15 is 0 Å². The van der Waals surface area contributed by atoms with Crippen molar-refractivity contribution in [2.75, 3.05) is 6.66 Å². The molecule has 0 heterocycles. The Bertz CT molecular complexity index is 1020. The molecule has 0 nitrogen and oxygen atoms in total. The van der Waals surface area contributed by atoms with Crippen molar-refractivity contribution in [1.82, 2.24) is 0 Å². The second-order valence-electron chi connectivity index (χ2n) is 7.64. The highest BCUT2D eigenvalue weighted by Crippen LogP contribution is 2.53. The summed E-state index contributed by atoms with van der Waals surface area (Å²) in [4.78, 5) is 0. The monoisotopic (exact) mass is 474 g/mol. The molecule has 0 aliphatic heterocycles. The van der Waals surface area contributed by atoms with Crippen LogP contribution in [0.4, 0.5) is 0 Å². The summed E-state index contributed by atoms with van der Waals surface area (Å²) in [5.74, 6) is 0. The molecule has 0 bridgehead atoms. The topological polar surface area (TPSA) is 0 Å². The van der Waals surface area contributed by atoms with Crippen LogP contribution in [0.3, 0.4) is 0 Å². The zero-order valence-corrected chi connectivity index (χ0v) is 20.1. The van der Waals surface area contributed by atoms with Gasteiger partial charge in [0.2, 0.25) is 0 Å². The second kappa shape index (κ2) is 10.2. The Kier molecular flexibility index (Phi) is 7.64. The minimum Gasteiger partial charge on any atom is -1.00 e. The second-order valence-corrected chi connectivity index (χ2v) is 11.2. The van der Waals surface area contributed by atoms with E-state index in [1.807, 2.05) is 0 Å². The zero-order chi connectivity index (χ0) is 20.1. The Morgan fingerprint density at radius 1 is 0.600 bits per heavy atom. The third-order valence-electron chi connectivity index (χ3n) is 5.73. The number of halogens is 1. The van der Waals surface area contributed by atoms with Gasteiger partial charge in [0.1, 0.15) is 23.2 Å². The van der Waals surface area contributed by atoms with Gasteiger partial charge in [-0.1, -0.05) is 92.2 Å². The fourth-order valence-corrected chi connectivity index (χ4v) is 7.59. The Balaban J connectivity index is 0.00000256. The summed E-state index contributed by atoms with van der Waals surface area (Å²) < 4.78 is 0. The Labute approximate surface area is 192 Å². The van der Waals surface area contributed by atoms with Crippen LogP contribution in [0.2, 0.25) is 0 Å². The van der Waals surface area contributed by atoms with Crippen molar-refractivity contribution in [2.45, 2.75) is 19.8 Å². The quantitative estimate of drug-likeness (QED) is 0.376. The van der Waals surface area contributed by atoms with Crippen LogP contribution in [0.15, 0.2) is 109 Å². The molecule has 2 heteroatoms. The molecule has 4 rings (SSSR count). The van der Waals surface area contributed by atoms with Gasteiger partial charge in [-0.15, -0.1) is 0 Å². The molecule has 0 saturated heterocycles. The third-order valence-corrected chi connectivity index (χ3v) is 9.75. The lowest BCUT2D eigenvalue weighted by molar-refractivity contribution is -0.00000573.